The molecule has 1 heterocycles. The molecular formula is C33H41N3O3. The number of benzene rings is 3. The summed E-state index contributed by atoms with van der Waals surface area (Å²) >= 11 is 0. The first kappa shape index (κ1) is 28.4. The van der Waals surface area contributed by atoms with Crippen LogP contribution in [0.15, 0.2) is 72.8 Å². The Bertz CT molecular complexity index is 1290. The smallest absolute Gasteiger partial charge is 0.335 e. The van der Waals surface area contributed by atoms with Gasteiger partial charge in [0.05, 0.1) is 23.0 Å². The molecule has 1 aliphatic rings. The van der Waals surface area contributed by atoms with Gasteiger partial charge in [0.15, 0.2) is 0 Å². The maximum Gasteiger partial charge on any atom is 0.335 e. The number of nitrogens with zero attached hydrogens (tertiary/aromatic N) is 3. The molecule has 206 valence electrons. The van der Waals surface area contributed by atoms with E-state index in [0.717, 1.165) is 49.5 Å². The highest BCUT2D eigenvalue weighted by atomic mass is 16.4. The van der Waals surface area contributed by atoms with Crippen molar-refractivity contribution in [2.24, 2.45) is 0 Å². The highest BCUT2D eigenvalue weighted by Crippen LogP contribution is 2.42. The molecule has 0 amide bonds. The predicted octanol–water partition coefficient (Wildman–Crippen LogP) is 5.82. The van der Waals surface area contributed by atoms with Crippen molar-refractivity contribution in [1.29, 1.82) is 0 Å². The molecular weight excluding hydrogens is 486 g/mol. The normalized spacial score (nSPS) is 15.5. The number of piperazine rings is 1. The third kappa shape index (κ3) is 7.08. The second kappa shape index (κ2) is 12.1. The van der Waals surface area contributed by atoms with Crippen LogP contribution < -0.4 is 9.80 Å². The summed E-state index contributed by atoms with van der Waals surface area (Å²) in [6.07, 6.45) is 2.82. The Kier molecular flexibility index (Phi) is 8.78. The second-order valence-electron chi connectivity index (χ2n) is 11.5. The molecule has 1 saturated heterocycles. The molecule has 6 nitrogen and oxygen atoms in total. The van der Waals surface area contributed by atoms with Crippen LogP contribution in [0.4, 0.5) is 11.4 Å². The molecule has 0 bridgehead atoms. The largest absolute Gasteiger partial charge is 0.478 e. The summed E-state index contributed by atoms with van der Waals surface area (Å²) in [6.45, 7) is 11.3. The number of aliphatic hydroxyl groups is 1. The number of likely N-dealkylation sites (N-methyl/N-ethyl adjacent to an activating group) is 1. The Morgan fingerprint density at radius 1 is 1.00 bits per heavy atom. The molecule has 0 saturated carbocycles. The Hall–Kier alpha value is -3.61. The van der Waals surface area contributed by atoms with Crippen LogP contribution in [-0.4, -0.2) is 61.4 Å². The van der Waals surface area contributed by atoms with Gasteiger partial charge in [0.1, 0.15) is 0 Å². The van der Waals surface area contributed by atoms with Gasteiger partial charge in [0.2, 0.25) is 0 Å². The Balaban J connectivity index is 1.74. The lowest BCUT2D eigenvalue weighted by molar-refractivity contribution is 0.0697. The van der Waals surface area contributed by atoms with E-state index in [9.17, 15) is 9.90 Å². The van der Waals surface area contributed by atoms with Crippen LogP contribution in [0.3, 0.4) is 0 Å². The standard InChI is InChI=1S/C33H41N3O3/c1-33(2,3)28-21-27(30(37)16-13-24-11-14-26(15-12-24)32(38)39)22-29(36-19-17-34(4)18-20-36)31(28)35(5)23-25-9-7-6-8-10-25/h6-16,21-22,30,37H,17-20,23H2,1-5H3,(H,38,39)/b16-13+. The van der Waals surface area contributed by atoms with E-state index in [4.69, 9.17) is 5.11 Å². The van der Waals surface area contributed by atoms with Gasteiger partial charge in [-0.1, -0.05) is 81.5 Å². The summed E-state index contributed by atoms with van der Waals surface area (Å²) in [4.78, 5) is 18.3. The van der Waals surface area contributed by atoms with E-state index in [1.54, 1.807) is 30.3 Å². The summed E-state index contributed by atoms with van der Waals surface area (Å²) in [7, 11) is 4.32. The van der Waals surface area contributed by atoms with Gasteiger partial charge in [-0.15, -0.1) is 0 Å². The lowest BCUT2D eigenvalue weighted by Gasteiger charge is -2.39. The third-order valence-electron chi connectivity index (χ3n) is 7.38. The fraction of sp³-hybridized carbons (Fsp3) is 0.364. The van der Waals surface area contributed by atoms with E-state index in [-0.39, 0.29) is 11.0 Å². The van der Waals surface area contributed by atoms with Gasteiger partial charge in [-0.25, -0.2) is 4.79 Å². The van der Waals surface area contributed by atoms with Crippen LogP contribution in [0.25, 0.3) is 6.08 Å². The summed E-state index contributed by atoms with van der Waals surface area (Å²) in [5.41, 5.74) is 6.61. The van der Waals surface area contributed by atoms with Crippen molar-refractivity contribution in [2.45, 2.75) is 38.8 Å². The van der Waals surface area contributed by atoms with Crippen molar-refractivity contribution in [2.75, 3.05) is 50.1 Å². The average molecular weight is 528 g/mol. The average Bonchev–Trinajstić information content (AvgIpc) is 2.91. The van der Waals surface area contributed by atoms with E-state index in [1.807, 2.05) is 12.1 Å². The second-order valence-corrected chi connectivity index (χ2v) is 11.5. The summed E-state index contributed by atoms with van der Waals surface area (Å²) in [5.74, 6) is -0.950. The van der Waals surface area contributed by atoms with Crippen molar-refractivity contribution >= 4 is 23.4 Å². The summed E-state index contributed by atoms with van der Waals surface area (Å²) in [5, 5.41) is 20.5. The molecule has 1 unspecified atom stereocenters. The molecule has 0 spiro atoms. The molecule has 2 N–H and O–H groups in total. The van der Waals surface area contributed by atoms with Crippen LogP contribution in [0.5, 0.6) is 0 Å². The SMILES string of the molecule is CN1CCN(c2cc(C(O)/C=C/c3ccc(C(=O)O)cc3)cc(C(C)(C)C)c2N(C)Cc2ccccc2)CC1. The number of aliphatic hydroxyl groups excluding tert-OH is 1. The van der Waals surface area contributed by atoms with Gasteiger partial charge >= 0.3 is 5.97 Å². The molecule has 3 aromatic rings. The molecule has 3 aromatic carbocycles. The lowest BCUT2D eigenvalue weighted by Crippen LogP contribution is -2.45. The van der Waals surface area contributed by atoms with Crippen molar-refractivity contribution < 1.29 is 15.0 Å². The van der Waals surface area contributed by atoms with Gasteiger partial charge in [0, 0.05) is 39.8 Å². The van der Waals surface area contributed by atoms with Crippen molar-refractivity contribution in [3.05, 3.63) is 101 Å². The van der Waals surface area contributed by atoms with Crippen molar-refractivity contribution in [3.63, 3.8) is 0 Å². The van der Waals surface area contributed by atoms with Gasteiger partial charge in [-0.2, -0.15) is 0 Å². The van der Waals surface area contributed by atoms with E-state index in [2.05, 4.69) is 86.0 Å². The Morgan fingerprint density at radius 3 is 2.23 bits per heavy atom. The van der Waals surface area contributed by atoms with Crippen molar-refractivity contribution in [1.82, 2.24) is 4.90 Å². The number of hydrogen-bond donors (Lipinski definition) is 2. The van der Waals surface area contributed by atoms with Gasteiger partial charge in [-0.05, 0) is 52.9 Å². The number of anilines is 2. The molecule has 4 rings (SSSR count). The van der Waals surface area contributed by atoms with Crippen LogP contribution in [0.2, 0.25) is 0 Å². The first-order valence-corrected chi connectivity index (χ1v) is 13.6. The van der Waals surface area contributed by atoms with Gasteiger partial charge in [-0.3, -0.25) is 0 Å². The minimum atomic E-state index is -0.950. The maximum absolute atomic E-state index is 11.3. The highest BCUT2D eigenvalue weighted by Gasteiger charge is 2.28. The third-order valence-corrected chi connectivity index (χ3v) is 7.38. The van der Waals surface area contributed by atoms with E-state index < -0.39 is 12.1 Å². The van der Waals surface area contributed by atoms with Crippen molar-refractivity contribution in [3.8, 4) is 0 Å². The van der Waals surface area contributed by atoms with Gasteiger partial charge in [0.25, 0.3) is 0 Å². The Morgan fingerprint density at radius 2 is 1.64 bits per heavy atom. The molecule has 1 fully saturated rings. The molecule has 0 radical (unpaired) electrons. The molecule has 0 aliphatic carbocycles. The molecule has 6 heteroatoms. The van der Waals surface area contributed by atoms with Crippen LogP contribution in [0.1, 0.15) is 59.5 Å². The molecule has 1 atom stereocenters. The summed E-state index contributed by atoms with van der Waals surface area (Å²) in [6, 6.07) is 21.5. The quantitative estimate of drug-likeness (QED) is 0.385. The van der Waals surface area contributed by atoms with E-state index >= 15 is 0 Å². The topological polar surface area (TPSA) is 67.2 Å². The summed E-state index contributed by atoms with van der Waals surface area (Å²) < 4.78 is 0. The molecule has 39 heavy (non-hydrogen) atoms. The number of carboxylic acids is 1. The Labute approximate surface area is 232 Å². The zero-order valence-corrected chi connectivity index (χ0v) is 23.8. The first-order chi connectivity index (χ1) is 18.5. The number of carbonyl (C=O) groups is 1. The van der Waals surface area contributed by atoms with Crippen LogP contribution >= 0.6 is 0 Å². The number of rotatable bonds is 8. The highest BCUT2D eigenvalue weighted by molar-refractivity contribution is 5.87. The van der Waals surface area contributed by atoms with Gasteiger partial charge < -0.3 is 24.9 Å². The fourth-order valence-corrected chi connectivity index (χ4v) is 5.06. The zero-order valence-electron chi connectivity index (χ0n) is 23.8. The fourth-order valence-electron chi connectivity index (χ4n) is 5.06. The predicted molar refractivity (Wildman–Crippen MR) is 161 cm³/mol. The van der Waals surface area contributed by atoms with Crippen LogP contribution in [0, 0.1) is 0 Å². The van der Waals surface area contributed by atoms with Crippen LogP contribution in [-0.2, 0) is 12.0 Å². The first-order valence-electron chi connectivity index (χ1n) is 13.6. The van der Waals surface area contributed by atoms with E-state index in [1.165, 1.54) is 16.8 Å². The minimum absolute atomic E-state index is 0.145. The monoisotopic (exact) mass is 527 g/mol. The van der Waals surface area contributed by atoms with E-state index in [0.29, 0.717) is 0 Å². The maximum atomic E-state index is 11.3. The number of hydrogen-bond acceptors (Lipinski definition) is 5. The number of aromatic carboxylic acids is 1. The minimum Gasteiger partial charge on any atom is -0.478 e. The lowest BCUT2D eigenvalue weighted by atomic mass is 9.82. The molecule has 1 aliphatic heterocycles. The zero-order chi connectivity index (χ0) is 28.2. The number of carboxylic acid groups (broad SMARTS) is 1. The molecule has 0 aromatic heterocycles.